The van der Waals surface area contributed by atoms with E-state index < -0.39 is 0 Å². The number of hydrogen-bond donors (Lipinski definition) is 1. The Kier molecular flexibility index (Phi) is 4.22. The first-order chi connectivity index (χ1) is 9.74. The molecule has 4 heteroatoms. The molecule has 106 valence electrons. The van der Waals surface area contributed by atoms with E-state index in [0.717, 1.165) is 28.5 Å². The molecule has 1 aliphatic rings. The fraction of sp³-hybridized carbons (Fsp3) is 0.438. The highest BCUT2D eigenvalue weighted by atomic mass is 79.9. The molecule has 0 radical (unpaired) electrons. The molecule has 1 fully saturated rings. The maximum absolute atomic E-state index is 9.94. The third-order valence-electron chi connectivity index (χ3n) is 3.97. The van der Waals surface area contributed by atoms with Crippen molar-refractivity contribution in [2.45, 2.75) is 25.7 Å². The first kappa shape index (κ1) is 13.8. The second kappa shape index (κ2) is 6.10. The van der Waals surface area contributed by atoms with Gasteiger partial charge in [0, 0.05) is 28.5 Å². The summed E-state index contributed by atoms with van der Waals surface area (Å²) in [6.07, 6.45) is 4.95. The number of phenolic OH excluding ortho intramolecular Hbond substituents is 1. The lowest BCUT2D eigenvalue weighted by Crippen LogP contribution is -2.31. The Bertz CT molecular complexity index is 609. The Morgan fingerprint density at radius 1 is 1.10 bits per heavy atom. The molecule has 0 bridgehead atoms. The van der Waals surface area contributed by atoms with Gasteiger partial charge in [-0.2, -0.15) is 0 Å². The zero-order chi connectivity index (χ0) is 13.9. The van der Waals surface area contributed by atoms with Crippen molar-refractivity contribution in [3.05, 3.63) is 34.4 Å². The first-order valence-electron chi connectivity index (χ1n) is 7.23. The maximum Gasteiger partial charge on any atom is 0.141 e. The second-order valence-electron chi connectivity index (χ2n) is 5.42. The Morgan fingerprint density at radius 3 is 2.70 bits per heavy atom. The standard InChI is InChI=1S/C16H19BrN2O/c17-14-6-7-15(20)16-13(14)5-4-12(18-16)8-11-19-9-2-1-3-10-19/h4-7,20H,1-3,8-11H2. The zero-order valence-corrected chi connectivity index (χ0v) is 13.1. The predicted molar refractivity (Wildman–Crippen MR) is 85.1 cm³/mol. The van der Waals surface area contributed by atoms with Crippen molar-refractivity contribution in [1.29, 1.82) is 0 Å². The van der Waals surface area contributed by atoms with Gasteiger partial charge < -0.3 is 10.0 Å². The van der Waals surface area contributed by atoms with E-state index in [4.69, 9.17) is 0 Å². The highest BCUT2D eigenvalue weighted by molar-refractivity contribution is 9.10. The molecular formula is C16H19BrN2O. The monoisotopic (exact) mass is 334 g/mol. The molecular weight excluding hydrogens is 316 g/mol. The summed E-state index contributed by atoms with van der Waals surface area (Å²) in [5.41, 5.74) is 1.74. The number of likely N-dealkylation sites (tertiary alicyclic amines) is 1. The molecule has 3 nitrogen and oxygen atoms in total. The lowest BCUT2D eigenvalue weighted by molar-refractivity contribution is 0.231. The van der Waals surface area contributed by atoms with Gasteiger partial charge in [0.15, 0.2) is 0 Å². The van der Waals surface area contributed by atoms with Crippen molar-refractivity contribution in [2.75, 3.05) is 19.6 Å². The van der Waals surface area contributed by atoms with Crippen molar-refractivity contribution in [2.24, 2.45) is 0 Å². The normalized spacial score (nSPS) is 16.6. The van der Waals surface area contributed by atoms with Gasteiger partial charge in [-0.15, -0.1) is 0 Å². The molecule has 3 rings (SSSR count). The van der Waals surface area contributed by atoms with Crippen LogP contribution >= 0.6 is 15.9 Å². The summed E-state index contributed by atoms with van der Waals surface area (Å²) in [6.45, 7) is 3.49. The summed E-state index contributed by atoms with van der Waals surface area (Å²) >= 11 is 3.50. The van der Waals surface area contributed by atoms with Gasteiger partial charge in [0.1, 0.15) is 11.3 Å². The number of hydrogen-bond acceptors (Lipinski definition) is 3. The molecule has 0 atom stereocenters. The van der Waals surface area contributed by atoms with Crippen LogP contribution in [0.25, 0.3) is 10.9 Å². The van der Waals surface area contributed by atoms with Crippen LogP contribution in [0.2, 0.25) is 0 Å². The minimum atomic E-state index is 0.253. The topological polar surface area (TPSA) is 36.4 Å². The predicted octanol–water partition coefficient (Wildman–Crippen LogP) is 3.73. The molecule has 0 unspecified atom stereocenters. The molecule has 1 aliphatic heterocycles. The Hall–Kier alpha value is -1.13. The number of pyridine rings is 1. The van der Waals surface area contributed by atoms with Crippen molar-refractivity contribution in [3.63, 3.8) is 0 Å². The van der Waals surface area contributed by atoms with E-state index in [1.165, 1.54) is 32.4 Å². The molecule has 1 saturated heterocycles. The molecule has 1 aromatic carbocycles. The average Bonchev–Trinajstić information content (AvgIpc) is 2.50. The smallest absolute Gasteiger partial charge is 0.141 e. The highest BCUT2D eigenvalue weighted by Crippen LogP contribution is 2.29. The number of rotatable bonds is 3. The minimum absolute atomic E-state index is 0.253. The lowest BCUT2D eigenvalue weighted by atomic mass is 10.1. The molecule has 1 aromatic heterocycles. The van der Waals surface area contributed by atoms with Gasteiger partial charge in [0.2, 0.25) is 0 Å². The number of fused-ring (bicyclic) bond motifs is 1. The number of aromatic hydroxyl groups is 1. The number of piperidine rings is 1. The van der Waals surface area contributed by atoms with Gasteiger partial charge in [0.05, 0.1) is 0 Å². The molecule has 20 heavy (non-hydrogen) atoms. The first-order valence-corrected chi connectivity index (χ1v) is 8.03. The second-order valence-corrected chi connectivity index (χ2v) is 6.27. The molecule has 2 heterocycles. The maximum atomic E-state index is 9.94. The SMILES string of the molecule is Oc1ccc(Br)c2ccc(CCN3CCCCC3)nc12. The van der Waals surface area contributed by atoms with Crippen LogP contribution in [0.15, 0.2) is 28.7 Å². The van der Waals surface area contributed by atoms with E-state index in [1.807, 2.05) is 12.1 Å². The van der Waals surface area contributed by atoms with Crippen LogP contribution in [0.1, 0.15) is 25.0 Å². The van der Waals surface area contributed by atoms with E-state index in [1.54, 1.807) is 6.07 Å². The van der Waals surface area contributed by atoms with Crippen LogP contribution in [-0.4, -0.2) is 34.6 Å². The quantitative estimate of drug-likeness (QED) is 0.928. The largest absolute Gasteiger partial charge is 0.506 e. The average molecular weight is 335 g/mol. The third kappa shape index (κ3) is 2.96. The summed E-state index contributed by atoms with van der Waals surface area (Å²) in [4.78, 5) is 7.12. The van der Waals surface area contributed by atoms with Crippen LogP contribution in [0, 0.1) is 0 Å². The molecule has 0 amide bonds. The van der Waals surface area contributed by atoms with E-state index in [-0.39, 0.29) is 5.75 Å². The molecule has 0 aliphatic carbocycles. The van der Waals surface area contributed by atoms with Crippen molar-refractivity contribution in [1.82, 2.24) is 9.88 Å². The number of nitrogens with zero attached hydrogens (tertiary/aromatic N) is 2. The van der Waals surface area contributed by atoms with Gasteiger partial charge in [0.25, 0.3) is 0 Å². The summed E-state index contributed by atoms with van der Waals surface area (Å²) < 4.78 is 0.973. The zero-order valence-electron chi connectivity index (χ0n) is 11.5. The summed E-state index contributed by atoms with van der Waals surface area (Å²) in [5, 5.41) is 10.9. The third-order valence-corrected chi connectivity index (χ3v) is 4.66. The Morgan fingerprint density at radius 2 is 1.90 bits per heavy atom. The van der Waals surface area contributed by atoms with Crippen LogP contribution < -0.4 is 0 Å². The van der Waals surface area contributed by atoms with Gasteiger partial charge in [-0.05, 0) is 50.2 Å². The number of phenols is 1. The van der Waals surface area contributed by atoms with Crippen LogP contribution in [0.4, 0.5) is 0 Å². The fourth-order valence-corrected chi connectivity index (χ4v) is 3.26. The highest BCUT2D eigenvalue weighted by Gasteiger charge is 2.11. The van der Waals surface area contributed by atoms with Gasteiger partial charge >= 0.3 is 0 Å². The van der Waals surface area contributed by atoms with Crippen LogP contribution in [0.3, 0.4) is 0 Å². The number of halogens is 1. The van der Waals surface area contributed by atoms with Crippen molar-refractivity contribution in [3.8, 4) is 5.75 Å². The Balaban J connectivity index is 1.77. The number of aromatic nitrogens is 1. The molecule has 0 spiro atoms. The van der Waals surface area contributed by atoms with Crippen LogP contribution in [0.5, 0.6) is 5.75 Å². The van der Waals surface area contributed by atoms with Gasteiger partial charge in [-0.3, -0.25) is 0 Å². The van der Waals surface area contributed by atoms with Gasteiger partial charge in [-0.1, -0.05) is 22.4 Å². The summed E-state index contributed by atoms with van der Waals surface area (Å²) in [5.74, 6) is 0.253. The van der Waals surface area contributed by atoms with E-state index in [9.17, 15) is 5.11 Å². The van der Waals surface area contributed by atoms with Crippen LogP contribution in [-0.2, 0) is 6.42 Å². The summed E-state index contributed by atoms with van der Waals surface area (Å²) in [6, 6.07) is 7.65. The molecule has 1 N–H and O–H groups in total. The van der Waals surface area contributed by atoms with E-state index in [2.05, 4.69) is 31.9 Å². The van der Waals surface area contributed by atoms with Gasteiger partial charge in [-0.25, -0.2) is 4.98 Å². The molecule has 2 aromatic rings. The lowest BCUT2D eigenvalue weighted by Gasteiger charge is -2.26. The van der Waals surface area contributed by atoms with E-state index >= 15 is 0 Å². The number of benzene rings is 1. The fourth-order valence-electron chi connectivity index (χ4n) is 2.80. The van der Waals surface area contributed by atoms with E-state index in [0.29, 0.717) is 5.52 Å². The van der Waals surface area contributed by atoms with Crippen molar-refractivity contribution < 1.29 is 5.11 Å². The van der Waals surface area contributed by atoms with Crippen molar-refractivity contribution >= 4 is 26.8 Å². The summed E-state index contributed by atoms with van der Waals surface area (Å²) in [7, 11) is 0. The molecule has 0 saturated carbocycles. The Labute approximate surface area is 127 Å². The minimum Gasteiger partial charge on any atom is -0.506 e.